The van der Waals surface area contributed by atoms with Crippen molar-refractivity contribution in [1.82, 2.24) is 19.9 Å². The van der Waals surface area contributed by atoms with E-state index in [0.29, 0.717) is 18.9 Å². The minimum Gasteiger partial charge on any atom is -0.497 e. The summed E-state index contributed by atoms with van der Waals surface area (Å²) in [7, 11) is 1.62. The van der Waals surface area contributed by atoms with Crippen molar-refractivity contribution in [2.45, 2.75) is 26.4 Å². The van der Waals surface area contributed by atoms with E-state index in [-0.39, 0.29) is 12.3 Å². The highest BCUT2D eigenvalue weighted by Crippen LogP contribution is 2.22. The number of hydrogen-bond acceptors (Lipinski definition) is 5. The summed E-state index contributed by atoms with van der Waals surface area (Å²) in [4.78, 5) is 28.8. The Balaban J connectivity index is 1.65. The van der Waals surface area contributed by atoms with Gasteiger partial charge in [-0.1, -0.05) is 48.5 Å². The summed E-state index contributed by atoms with van der Waals surface area (Å²) in [6, 6.07) is 23.3. The number of benzene rings is 2. The molecule has 0 spiro atoms. The van der Waals surface area contributed by atoms with Crippen LogP contribution in [0.4, 0.5) is 0 Å². The van der Waals surface area contributed by atoms with Gasteiger partial charge in [0.25, 0.3) is 0 Å². The Kier molecular flexibility index (Phi) is 7.05. The van der Waals surface area contributed by atoms with Gasteiger partial charge in [-0.15, -0.1) is 0 Å². The molecule has 166 valence electrons. The van der Waals surface area contributed by atoms with E-state index in [0.717, 1.165) is 33.8 Å². The molecule has 0 unspecified atom stereocenters. The van der Waals surface area contributed by atoms with Gasteiger partial charge >= 0.3 is 0 Å². The Hall–Kier alpha value is -4.06. The van der Waals surface area contributed by atoms with Crippen molar-refractivity contribution >= 4 is 5.91 Å². The van der Waals surface area contributed by atoms with Crippen LogP contribution in [-0.4, -0.2) is 32.9 Å². The number of methoxy groups -OCH3 is 1. The second kappa shape index (κ2) is 10.5. The molecule has 2 aromatic heterocycles. The lowest BCUT2D eigenvalue weighted by molar-refractivity contribution is -0.131. The van der Waals surface area contributed by atoms with E-state index < -0.39 is 0 Å². The lowest BCUT2D eigenvalue weighted by atomic mass is 10.1. The molecular weight excluding hydrogens is 412 g/mol. The topological polar surface area (TPSA) is 68.2 Å². The number of nitrogens with zero attached hydrogens (tertiary/aromatic N) is 4. The highest BCUT2D eigenvalue weighted by Gasteiger charge is 2.19. The number of amides is 1. The van der Waals surface area contributed by atoms with Gasteiger partial charge in [0.15, 0.2) is 0 Å². The van der Waals surface area contributed by atoms with Crippen LogP contribution in [0.25, 0.3) is 11.3 Å². The summed E-state index contributed by atoms with van der Waals surface area (Å²) in [5, 5.41) is 0. The molecule has 4 aromatic rings. The molecule has 4 rings (SSSR count). The summed E-state index contributed by atoms with van der Waals surface area (Å²) in [5.74, 6) is 1.40. The van der Waals surface area contributed by atoms with Crippen molar-refractivity contribution < 1.29 is 9.53 Å². The standard InChI is InChI=1S/C27H26N4O2/c1-20-29-17-24(25-13-6-7-14-28-25)26(30-20)19-31(18-21-9-4-3-5-10-21)27(32)16-22-11-8-12-23(15-22)33-2/h3-15,17H,16,18-19H2,1-2H3. The maximum atomic E-state index is 13.5. The van der Waals surface area contributed by atoms with Crippen LogP contribution in [0, 0.1) is 6.92 Å². The summed E-state index contributed by atoms with van der Waals surface area (Å²) in [6.45, 7) is 2.69. The van der Waals surface area contributed by atoms with E-state index in [1.165, 1.54) is 0 Å². The third kappa shape index (κ3) is 5.80. The second-order valence-electron chi connectivity index (χ2n) is 7.76. The molecule has 0 aliphatic rings. The van der Waals surface area contributed by atoms with Crippen LogP contribution in [0.5, 0.6) is 5.75 Å². The van der Waals surface area contributed by atoms with Gasteiger partial charge in [0.2, 0.25) is 5.91 Å². The molecular formula is C27H26N4O2. The molecule has 1 amide bonds. The van der Waals surface area contributed by atoms with Gasteiger partial charge in [-0.05, 0) is 42.3 Å². The van der Waals surface area contributed by atoms with Crippen LogP contribution in [0.15, 0.2) is 85.2 Å². The second-order valence-corrected chi connectivity index (χ2v) is 7.76. The molecule has 2 heterocycles. The minimum absolute atomic E-state index is 0.00958. The van der Waals surface area contributed by atoms with Crippen LogP contribution in [-0.2, 0) is 24.3 Å². The highest BCUT2D eigenvalue weighted by molar-refractivity contribution is 5.79. The van der Waals surface area contributed by atoms with Gasteiger partial charge < -0.3 is 9.64 Å². The molecule has 0 saturated carbocycles. The molecule has 6 nitrogen and oxygen atoms in total. The van der Waals surface area contributed by atoms with E-state index >= 15 is 0 Å². The fourth-order valence-corrected chi connectivity index (χ4v) is 3.66. The van der Waals surface area contributed by atoms with Crippen molar-refractivity contribution in [1.29, 1.82) is 0 Å². The van der Waals surface area contributed by atoms with Crippen molar-refractivity contribution in [2.24, 2.45) is 0 Å². The fourth-order valence-electron chi connectivity index (χ4n) is 3.66. The summed E-state index contributed by atoms with van der Waals surface area (Å²) in [6.07, 6.45) is 3.80. The molecule has 6 heteroatoms. The third-order valence-corrected chi connectivity index (χ3v) is 5.33. The summed E-state index contributed by atoms with van der Waals surface area (Å²) in [5.41, 5.74) is 4.35. The molecule has 33 heavy (non-hydrogen) atoms. The number of hydrogen-bond donors (Lipinski definition) is 0. The Morgan fingerprint density at radius 1 is 0.909 bits per heavy atom. The molecule has 0 N–H and O–H groups in total. The van der Waals surface area contributed by atoms with Crippen molar-refractivity contribution in [3.05, 3.63) is 108 Å². The minimum atomic E-state index is 0.00958. The molecule has 0 fully saturated rings. The van der Waals surface area contributed by atoms with Gasteiger partial charge in [-0.2, -0.15) is 0 Å². The zero-order valence-corrected chi connectivity index (χ0v) is 18.8. The number of rotatable bonds is 8. The normalized spacial score (nSPS) is 10.6. The van der Waals surface area contributed by atoms with Crippen LogP contribution in [0.1, 0.15) is 22.6 Å². The van der Waals surface area contributed by atoms with E-state index in [1.807, 2.05) is 84.6 Å². The zero-order chi connectivity index (χ0) is 23.0. The average molecular weight is 439 g/mol. The lowest BCUT2D eigenvalue weighted by Gasteiger charge is -2.24. The van der Waals surface area contributed by atoms with Gasteiger partial charge in [-0.25, -0.2) is 9.97 Å². The molecule has 0 saturated heterocycles. The maximum absolute atomic E-state index is 13.5. The Bertz CT molecular complexity index is 1210. The maximum Gasteiger partial charge on any atom is 0.227 e. The van der Waals surface area contributed by atoms with E-state index in [1.54, 1.807) is 19.5 Å². The third-order valence-electron chi connectivity index (χ3n) is 5.33. The van der Waals surface area contributed by atoms with E-state index in [9.17, 15) is 4.79 Å². The highest BCUT2D eigenvalue weighted by atomic mass is 16.5. The van der Waals surface area contributed by atoms with Crippen molar-refractivity contribution in [3.63, 3.8) is 0 Å². The predicted octanol–water partition coefficient (Wildman–Crippen LogP) is 4.63. The average Bonchev–Trinajstić information content (AvgIpc) is 2.85. The first-order valence-corrected chi connectivity index (χ1v) is 10.8. The SMILES string of the molecule is COc1cccc(CC(=O)N(Cc2ccccc2)Cc2nc(C)ncc2-c2ccccn2)c1. The van der Waals surface area contributed by atoms with Crippen molar-refractivity contribution in [2.75, 3.05) is 7.11 Å². The van der Waals surface area contributed by atoms with Crippen LogP contribution in [0.3, 0.4) is 0 Å². The molecule has 0 radical (unpaired) electrons. The van der Waals surface area contributed by atoms with Crippen LogP contribution in [0.2, 0.25) is 0 Å². The fraction of sp³-hybridized carbons (Fsp3) is 0.185. The number of ether oxygens (including phenoxy) is 1. The summed E-state index contributed by atoms with van der Waals surface area (Å²) < 4.78 is 5.32. The van der Waals surface area contributed by atoms with Gasteiger partial charge in [0, 0.05) is 24.5 Å². The largest absolute Gasteiger partial charge is 0.497 e. The number of carbonyl (C=O) groups is 1. The lowest BCUT2D eigenvalue weighted by Crippen LogP contribution is -2.32. The number of pyridine rings is 1. The molecule has 0 aliphatic heterocycles. The first-order valence-electron chi connectivity index (χ1n) is 10.8. The summed E-state index contributed by atoms with van der Waals surface area (Å²) >= 11 is 0. The Morgan fingerprint density at radius 2 is 1.70 bits per heavy atom. The smallest absolute Gasteiger partial charge is 0.227 e. The van der Waals surface area contributed by atoms with Gasteiger partial charge in [0.05, 0.1) is 31.5 Å². The molecule has 0 aliphatic carbocycles. The number of aryl methyl sites for hydroxylation is 1. The van der Waals surface area contributed by atoms with Crippen LogP contribution >= 0.6 is 0 Å². The monoisotopic (exact) mass is 438 g/mol. The molecule has 0 bridgehead atoms. The van der Waals surface area contributed by atoms with Gasteiger partial charge in [0.1, 0.15) is 11.6 Å². The molecule has 0 atom stereocenters. The van der Waals surface area contributed by atoms with Crippen LogP contribution < -0.4 is 4.74 Å². The quantitative estimate of drug-likeness (QED) is 0.401. The predicted molar refractivity (Wildman–Crippen MR) is 127 cm³/mol. The Morgan fingerprint density at radius 3 is 2.45 bits per heavy atom. The first-order chi connectivity index (χ1) is 16.1. The first kappa shape index (κ1) is 22.1. The molecule has 2 aromatic carbocycles. The Labute approximate surface area is 193 Å². The van der Waals surface area contributed by atoms with E-state index in [4.69, 9.17) is 4.74 Å². The van der Waals surface area contributed by atoms with Crippen molar-refractivity contribution in [3.8, 4) is 17.0 Å². The zero-order valence-electron chi connectivity index (χ0n) is 18.8. The number of aromatic nitrogens is 3. The van der Waals surface area contributed by atoms with E-state index in [2.05, 4.69) is 15.0 Å². The van der Waals surface area contributed by atoms with Gasteiger partial charge in [-0.3, -0.25) is 9.78 Å². The number of carbonyl (C=O) groups excluding carboxylic acids is 1.